The molecule has 0 spiro atoms. The van der Waals surface area contributed by atoms with Crippen LogP contribution in [0.15, 0.2) is 24.3 Å². The van der Waals surface area contributed by atoms with Crippen molar-refractivity contribution in [1.82, 2.24) is 9.80 Å². The summed E-state index contributed by atoms with van der Waals surface area (Å²) in [5.74, 6) is 0.560. The number of nitrogens with zero attached hydrogens (tertiary/aromatic N) is 2. The van der Waals surface area contributed by atoms with E-state index in [4.69, 9.17) is 14.2 Å². The van der Waals surface area contributed by atoms with E-state index in [9.17, 15) is 0 Å². The Morgan fingerprint density at radius 2 is 0.814 bits per heavy atom. The maximum Gasteiger partial charge on any atom is 0.385 e. The molecule has 1 aromatic rings. The fraction of sp³-hybridized carbons (Fsp3) is 0.842. The van der Waals surface area contributed by atoms with Crippen LogP contribution in [0.25, 0.3) is 0 Å². The molecule has 2 aliphatic rings. The van der Waals surface area contributed by atoms with Crippen molar-refractivity contribution in [2.45, 2.75) is 162 Å². The van der Waals surface area contributed by atoms with Gasteiger partial charge in [0, 0.05) is 6.54 Å². The summed E-state index contributed by atoms with van der Waals surface area (Å²) in [6, 6.07) is 8.05. The van der Waals surface area contributed by atoms with Crippen LogP contribution in [0.5, 0.6) is 11.5 Å². The Morgan fingerprint density at radius 3 is 1.19 bits per heavy atom. The van der Waals surface area contributed by atoms with Crippen molar-refractivity contribution in [3.05, 3.63) is 24.3 Å². The molecule has 0 aromatic heterocycles. The molecule has 0 saturated heterocycles. The second-order valence-electron chi connectivity index (χ2n) is 13.0. The van der Waals surface area contributed by atoms with E-state index in [0.717, 1.165) is 44.2 Å². The first-order valence-corrected chi connectivity index (χ1v) is 18.7. The molecule has 5 nitrogen and oxygen atoms in total. The zero-order valence-electron chi connectivity index (χ0n) is 29.0. The molecule has 43 heavy (non-hydrogen) atoms. The topological polar surface area (TPSA) is 34.2 Å². The predicted molar refractivity (Wildman–Crippen MR) is 184 cm³/mol. The summed E-state index contributed by atoms with van der Waals surface area (Å²) in [5, 5.41) is 0. The highest BCUT2D eigenvalue weighted by Crippen LogP contribution is 2.32. The molecule has 0 unspecified atom stereocenters. The third-order valence-electron chi connectivity index (χ3n) is 8.83. The molecule has 2 heterocycles. The van der Waals surface area contributed by atoms with Gasteiger partial charge in [-0.3, -0.25) is 4.90 Å². The Hall–Kier alpha value is -1.30. The summed E-state index contributed by atoms with van der Waals surface area (Å²) in [7, 11) is 0. The number of hydrogen-bond donors (Lipinski definition) is 0. The highest BCUT2D eigenvalue weighted by Gasteiger charge is 2.41. The maximum atomic E-state index is 6.72. The van der Waals surface area contributed by atoms with Gasteiger partial charge in [-0.1, -0.05) is 130 Å². The zero-order chi connectivity index (χ0) is 30.9. The predicted octanol–water partition coefficient (Wildman–Crippen LogP) is 10.6. The minimum atomic E-state index is -1.10. The van der Waals surface area contributed by atoms with Gasteiger partial charge in [0.1, 0.15) is 18.0 Å². The lowest BCUT2D eigenvalue weighted by Crippen LogP contribution is -2.54. The largest absolute Gasteiger partial charge is 0.429 e. The summed E-state index contributed by atoms with van der Waals surface area (Å²) in [6.45, 7) is 15.8. The quantitative estimate of drug-likeness (QED) is 0.0818. The maximum absolute atomic E-state index is 6.72. The Kier molecular flexibility index (Phi) is 22.0. The van der Waals surface area contributed by atoms with Gasteiger partial charge in [0.25, 0.3) is 0 Å². The van der Waals surface area contributed by atoms with E-state index in [1.807, 2.05) is 24.3 Å². The average molecular weight is 603 g/mol. The summed E-state index contributed by atoms with van der Waals surface area (Å²) in [6.07, 6.45) is 26.1. The fourth-order valence-electron chi connectivity index (χ4n) is 6.09. The highest BCUT2D eigenvalue weighted by atomic mass is 16.9. The van der Waals surface area contributed by atoms with Crippen molar-refractivity contribution >= 4 is 0 Å². The number of rotatable bonds is 30. The van der Waals surface area contributed by atoms with Crippen molar-refractivity contribution in [1.29, 1.82) is 0 Å². The number of hydrogen-bond acceptors (Lipinski definition) is 5. The van der Waals surface area contributed by atoms with E-state index < -0.39 is 5.97 Å². The minimum absolute atomic E-state index is 0.616. The fourth-order valence-corrected chi connectivity index (χ4v) is 6.09. The van der Waals surface area contributed by atoms with Gasteiger partial charge in [0.15, 0.2) is 0 Å². The Morgan fingerprint density at radius 1 is 0.465 bits per heavy atom. The monoisotopic (exact) mass is 603 g/mol. The van der Waals surface area contributed by atoms with Gasteiger partial charge in [-0.15, -0.1) is 0 Å². The molecule has 3 rings (SSSR count). The molecular formula is C38H70N2O3. The van der Waals surface area contributed by atoms with E-state index in [2.05, 4.69) is 37.5 Å². The average Bonchev–Trinajstić information content (AvgIpc) is 3.29. The molecule has 0 N–H and O–H groups in total. The molecule has 250 valence electrons. The van der Waals surface area contributed by atoms with E-state index in [1.165, 1.54) is 128 Å². The first-order valence-electron chi connectivity index (χ1n) is 18.7. The van der Waals surface area contributed by atoms with Crippen LogP contribution in [-0.4, -0.2) is 61.6 Å². The Balaban J connectivity index is 2.03. The van der Waals surface area contributed by atoms with Crippen LogP contribution in [0.1, 0.15) is 156 Å². The lowest BCUT2D eigenvalue weighted by Gasteiger charge is -2.37. The lowest BCUT2D eigenvalue weighted by molar-refractivity contribution is -0.306. The van der Waals surface area contributed by atoms with Crippen LogP contribution in [0.2, 0.25) is 0 Å². The second-order valence-corrected chi connectivity index (χ2v) is 13.0. The van der Waals surface area contributed by atoms with Gasteiger partial charge in [-0.2, -0.15) is 0 Å². The summed E-state index contributed by atoms with van der Waals surface area (Å²) in [5.41, 5.74) is 0. The van der Waals surface area contributed by atoms with E-state index in [1.54, 1.807) is 0 Å². The van der Waals surface area contributed by atoms with Crippen LogP contribution < -0.4 is 9.47 Å². The molecule has 0 atom stereocenters. The zero-order valence-corrected chi connectivity index (χ0v) is 29.0. The van der Waals surface area contributed by atoms with E-state index >= 15 is 0 Å². The summed E-state index contributed by atoms with van der Waals surface area (Å²) >= 11 is 0. The van der Waals surface area contributed by atoms with E-state index in [0.29, 0.717) is 13.2 Å². The highest BCUT2D eigenvalue weighted by molar-refractivity contribution is 5.33. The van der Waals surface area contributed by atoms with Crippen LogP contribution in [0.3, 0.4) is 0 Å². The Labute approximate surface area is 267 Å². The molecule has 0 fully saturated rings. The molecule has 0 radical (unpaired) electrons. The number of ether oxygens (including phenoxy) is 3. The SMILES string of the molecule is CCCCCCCN(CCCCCCC)CCOC1(CN(CCCCCCC)CCCCCCC)Oc2ccc(cc2)O1. The van der Waals surface area contributed by atoms with Crippen LogP contribution in [-0.2, 0) is 4.74 Å². The van der Waals surface area contributed by atoms with Crippen molar-refractivity contribution in [3.63, 3.8) is 0 Å². The lowest BCUT2D eigenvalue weighted by atomic mass is 10.1. The van der Waals surface area contributed by atoms with E-state index in [-0.39, 0.29) is 0 Å². The molecule has 2 aliphatic heterocycles. The van der Waals surface area contributed by atoms with Gasteiger partial charge in [0.2, 0.25) is 0 Å². The number of fused-ring (bicyclic) bond motifs is 4. The Bertz CT molecular complexity index is 703. The van der Waals surface area contributed by atoms with Crippen molar-refractivity contribution in [2.24, 2.45) is 0 Å². The first-order chi connectivity index (χ1) is 21.1. The van der Waals surface area contributed by atoms with Crippen LogP contribution >= 0.6 is 0 Å². The first kappa shape index (κ1) is 37.9. The van der Waals surface area contributed by atoms with Crippen molar-refractivity contribution in [3.8, 4) is 11.5 Å². The third kappa shape index (κ3) is 17.7. The van der Waals surface area contributed by atoms with Crippen LogP contribution in [0, 0.1) is 0 Å². The van der Waals surface area contributed by atoms with Crippen LogP contribution in [0.4, 0.5) is 0 Å². The van der Waals surface area contributed by atoms with Gasteiger partial charge in [-0.05, 0) is 76.1 Å². The minimum Gasteiger partial charge on any atom is -0.429 e. The van der Waals surface area contributed by atoms with Gasteiger partial charge < -0.3 is 19.1 Å². The standard InChI is InChI=1S/C38H70N2O3/c1-5-9-13-17-21-29-39(30-22-18-14-10-6-2)33-34-41-38(42-36-25-26-37(43-38)28-27-36)35-40(31-23-19-15-11-7-3)32-24-20-16-12-8-4/h25-28H,5-24,29-35H2,1-4H3. The molecule has 0 saturated carbocycles. The molecule has 5 heteroatoms. The van der Waals surface area contributed by atoms with Crippen molar-refractivity contribution in [2.75, 3.05) is 45.9 Å². The molecule has 0 amide bonds. The molecule has 1 aromatic carbocycles. The smallest absolute Gasteiger partial charge is 0.385 e. The normalized spacial score (nSPS) is 13.9. The van der Waals surface area contributed by atoms with Gasteiger partial charge in [0.05, 0.1) is 6.61 Å². The summed E-state index contributed by atoms with van der Waals surface area (Å²) in [4.78, 5) is 5.19. The summed E-state index contributed by atoms with van der Waals surface area (Å²) < 4.78 is 19.8. The van der Waals surface area contributed by atoms with Crippen molar-refractivity contribution < 1.29 is 14.2 Å². The molecular weight excluding hydrogens is 532 g/mol. The second kappa shape index (κ2) is 25.0. The molecule has 0 aliphatic carbocycles. The number of benzene rings is 1. The third-order valence-corrected chi connectivity index (χ3v) is 8.83. The number of unbranched alkanes of at least 4 members (excludes halogenated alkanes) is 16. The van der Waals surface area contributed by atoms with Gasteiger partial charge in [-0.25, -0.2) is 0 Å². The molecule has 2 bridgehead atoms. The van der Waals surface area contributed by atoms with Gasteiger partial charge >= 0.3 is 5.97 Å².